The smallest absolute Gasteiger partial charge is 0.0739 e. The molecule has 5 heteroatoms. The Morgan fingerprint density at radius 2 is 2.18 bits per heavy atom. The van der Waals surface area contributed by atoms with Crippen LogP contribution in [0.1, 0.15) is 25.2 Å². The van der Waals surface area contributed by atoms with Gasteiger partial charge >= 0.3 is 0 Å². The minimum absolute atomic E-state index is 0.569. The Balaban J connectivity index is 2.14. The van der Waals surface area contributed by atoms with Gasteiger partial charge in [-0.05, 0) is 36.7 Å². The fraction of sp³-hybridized carbons (Fsp3) is 0.750. The van der Waals surface area contributed by atoms with Crippen molar-refractivity contribution in [3.05, 3.63) is 15.9 Å². The topological polar surface area (TPSA) is 33.1 Å². The van der Waals surface area contributed by atoms with E-state index < -0.39 is 0 Å². The molecule has 1 saturated heterocycles. The average molecular weight is 301 g/mol. The number of piperazine rings is 1. The van der Waals surface area contributed by atoms with Gasteiger partial charge in [-0.1, -0.05) is 0 Å². The fourth-order valence-electron chi connectivity index (χ4n) is 2.36. The predicted octanol–water partition coefficient (Wildman–Crippen LogP) is 1.67. The van der Waals surface area contributed by atoms with Crippen molar-refractivity contribution in [2.45, 2.75) is 39.4 Å². The molecule has 0 amide bonds. The van der Waals surface area contributed by atoms with Crippen LogP contribution in [0, 0.1) is 6.92 Å². The maximum Gasteiger partial charge on any atom is 0.0739 e. The normalized spacial score (nSPS) is 26.4. The molecule has 0 aliphatic carbocycles. The molecule has 0 bridgehead atoms. The molecule has 0 aromatic carbocycles. The molecule has 4 nitrogen and oxygen atoms in total. The third-order valence-electron chi connectivity index (χ3n) is 3.51. The van der Waals surface area contributed by atoms with Crippen molar-refractivity contribution in [1.82, 2.24) is 20.0 Å². The first-order valence-corrected chi connectivity index (χ1v) is 6.93. The molecule has 1 aromatic rings. The molecule has 96 valence electrons. The van der Waals surface area contributed by atoms with E-state index in [9.17, 15) is 0 Å². The second-order valence-corrected chi connectivity index (χ2v) is 5.85. The van der Waals surface area contributed by atoms with E-state index in [0.29, 0.717) is 12.1 Å². The number of nitrogens with one attached hydrogen (secondary N) is 1. The molecule has 2 unspecified atom stereocenters. The van der Waals surface area contributed by atoms with Crippen molar-refractivity contribution >= 4 is 15.9 Å². The summed E-state index contributed by atoms with van der Waals surface area (Å²) >= 11 is 3.64. The van der Waals surface area contributed by atoms with E-state index in [2.05, 4.69) is 45.1 Å². The van der Waals surface area contributed by atoms with Crippen LogP contribution in [-0.4, -0.2) is 39.9 Å². The monoisotopic (exact) mass is 300 g/mol. The number of aromatic nitrogens is 2. The quantitative estimate of drug-likeness (QED) is 0.902. The lowest BCUT2D eigenvalue weighted by molar-refractivity contribution is 0.135. The van der Waals surface area contributed by atoms with Gasteiger partial charge in [0.1, 0.15) is 0 Å². The highest BCUT2D eigenvalue weighted by atomic mass is 79.9. The van der Waals surface area contributed by atoms with Crippen molar-refractivity contribution in [3.63, 3.8) is 0 Å². The standard InChI is InChI=1S/C12H21BrN4/c1-8-6-17(9(2)5-14-8)7-11-12(13)10(3)15-16(11)4/h8-9,14H,5-7H2,1-4H3. The predicted molar refractivity (Wildman–Crippen MR) is 73.0 cm³/mol. The zero-order chi connectivity index (χ0) is 12.6. The van der Waals surface area contributed by atoms with E-state index in [0.717, 1.165) is 29.8 Å². The summed E-state index contributed by atoms with van der Waals surface area (Å²) in [6, 6.07) is 1.15. The fourth-order valence-corrected chi connectivity index (χ4v) is 2.82. The van der Waals surface area contributed by atoms with E-state index in [1.165, 1.54) is 5.69 Å². The summed E-state index contributed by atoms with van der Waals surface area (Å²) in [5.74, 6) is 0. The van der Waals surface area contributed by atoms with Crippen LogP contribution in [0.3, 0.4) is 0 Å². The van der Waals surface area contributed by atoms with Gasteiger partial charge in [-0.2, -0.15) is 5.10 Å². The molecule has 1 aliphatic rings. The van der Waals surface area contributed by atoms with Gasteiger partial charge in [-0.15, -0.1) is 0 Å². The van der Waals surface area contributed by atoms with Crippen LogP contribution in [0.4, 0.5) is 0 Å². The molecule has 17 heavy (non-hydrogen) atoms. The number of hydrogen-bond acceptors (Lipinski definition) is 3. The second-order valence-electron chi connectivity index (χ2n) is 5.06. The maximum absolute atomic E-state index is 4.45. The minimum atomic E-state index is 0.569. The van der Waals surface area contributed by atoms with Crippen molar-refractivity contribution in [3.8, 4) is 0 Å². The largest absolute Gasteiger partial charge is 0.311 e. The van der Waals surface area contributed by atoms with Gasteiger partial charge in [0.05, 0.1) is 15.9 Å². The van der Waals surface area contributed by atoms with Gasteiger partial charge in [0, 0.05) is 38.8 Å². The van der Waals surface area contributed by atoms with Gasteiger partial charge in [-0.3, -0.25) is 9.58 Å². The summed E-state index contributed by atoms with van der Waals surface area (Å²) in [5, 5.41) is 7.95. The molecular weight excluding hydrogens is 280 g/mol. The first kappa shape index (κ1) is 13.1. The lowest BCUT2D eigenvalue weighted by Gasteiger charge is -2.37. The molecule has 1 aromatic heterocycles. The molecule has 0 spiro atoms. The Hall–Kier alpha value is -0.390. The lowest BCUT2D eigenvalue weighted by Crippen LogP contribution is -2.53. The molecule has 1 fully saturated rings. The SMILES string of the molecule is Cc1nn(C)c(CN2CC(C)NCC2C)c1Br. The number of rotatable bonds is 2. The molecule has 1 aliphatic heterocycles. The van der Waals surface area contributed by atoms with Crippen molar-refractivity contribution in [2.75, 3.05) is 13.1 Å². The Bertz CT molecular complexity index is 401. The van der Waals surface area contributed by atoms with Crippen LogP contribution in [0.2, 0.25) is 0 Å². The summed E-state index contributed by atoms with van der Waals surface area (Å²) in [6.07, 6.45) is 0. The van der Waals surface area contributed by atoms with Crippen LogP contribution in [0.5, 0.6) is 0 Å². The second kappa shape index (κ2) is 5.08. The molecule has 0 radical (unpaired) electrons. The van der Waals surface area contributed by atoms with Crippen LogP contribution >= 0.6 is 15.9 Å². The van der Waals surface area contributed by atoms with Gasteiger partial charge in [0.25, 0.3) is 0 Å². The number of hydrogen-bond donors (Lipinski definition) is 1. The summed E-state index contributed by atoms with van der Waals surface area (Å²) in [5.41, 5.74) is 2.33. The van der Waals surface area contributed by atoms with Crippen molar-refractivity contribution in [1.29, 1.82) is 0 Å². The number of halogens is 1. The lowest BCUT2D eigenvalue weighted by atomic mass is 10.1. The van der Waals surface area contributed by atoms with Crippen LogP contribution in [0.25, 0.3) is 0 Å². The van der Waals surface area contributed by atoms with Crippen LogP contribution < -0.4 is 5.32 Å². The molecule has 0 saturated carbocycles. The summed E-state index contributed by atoms with van der Waals surface area (Å²) in [6.45, 7) is 9.67. The van der Waals surface area contributed by atoms with E-state index in [1.54, 1.807) is 0 Å². The maximum atomic E-state index is 4.45. The minimum Gasteiger partial charge on any atom is -0.311 e. The molecule has 2 atom stereocenters. The molecule has 1 N–H and O–H groups in total. The first-order chi connectivity index (χ1) is 7.99. The number of nitrogens with zero attached hydrogens (tertiary/aromatic N) is 3. The average Bonchev–Trinajstić information content (AvgIpc) is 2.50. The van der Waals surface area contributed by atoms with E-state index in [4.69, 9.17) is 0 Å². The van der Waals surface area contributed by atoms with Gasteiger partial charge in [-0.25, -0.2) is 0 Å². The molecule has 2 heterocycles. The summed E-state index contributed by atoms with van der Waals surface area (Å²) in [7, 11) is 2.02. The van der Waals surface area contributed by atoms with Crippen molar-refractivity contribution < 1.29 is 0 Å². The summed E-state index contributed by atoms with van der Waals surface area (Å²) in [4.78, 5) is 2.52. The third kappa shape index (κ3) is 2.72. The Labute approximate surface area is 111 Å². The van der Waals surface area contributed by atoms with Gasteiger partial charge in [0.15, 0.2) is 0 Å². The third-order valence-corrected chi connectivity index (χ3v) is 4.54. The first-order valence-electron chi connectivity index (χ1n) is 6.14. The zero-order valence-electron chi connectivity index (χ0n) is 11.0. The van der Waals surface area contributed by atoms with Crippen molar-refractivity contribution in [2.24, 2.45) is 7.05 Å². The van der Waals surface area contributed by atoms with E-state index >= 15 is 0 Å². The molecule has 2 rings (SSSR count). The Morgan fingerprint density at radius 3 is 2.76 bits per heavy atom. The van der Waals surface area contributed by atoms with Gasteiger partial charge in [0.2, 0.25) is 0 Å². The van der Waals surface area contributed by atoms with Crippen LogP contribution in [0.15, 0.2) is 4.47 Å². The highest BCUT2D eigenvalue weighted by molar-refractivity contribution is 9.10. The number of aryl methyl sites for hydroxylation is 2. The Morgan fingerprint density at radius 1 is 1.47 bits per heavy atom. The highest BCUT2D eigenvalue weighted by Crippen LogP contribution is 2.23. The van der Waals surface area contributed by atoms with E-state index in [1.807, 2.05) is 18.7 Å². The van der Waals surface area contributed by atoms with Gasteiger partial charge < -0.3 is 5.32 Å². The van der Waals surface area contributed by atoms with E-state index in [-0.39, 0.29) is 0 Å². The summed E-state index contributed by atoms with van der Waals surface area (Å²) < 4.78 is 3.14. The zero-order valence-corrected chi connectivity index (χ0v) is 12.6. The molecular formula is C12H21BrN4. The van der Waals surface area contributed by atoms with Crippen LogP contribution in [-0.2, 0) is 13.6 Å². The Kier molecular flexibility index (Phi) is 3.90. The highest BCUT2D eigenvalue weighted by Gasteiger charge is 2.24.